The Bertz CT molecular complexity index is 428. The van der Waals surface area contributed by atoms with E-state index in [1.54, 1.807) is 26.4 Å². The van der Waals surface area contributed by atoms with Crippen molar-refractivity contribution >= 4 is 0 Å². The van der Waals surface area contributed by atoms with Gasteiger partial charge in [0, 0.05) is 6.42 Å². The molecule has 0 saturated carbocycles. The predicted molar refractivity (Wildman–Crippen MR) is 77.8 cm³/mol. The molecule has 0 fully saturated rings. The van der Waals surface area contributed by atoms with E-state index >= 15 is 0 Å². The molecule has 0 atom stereocenters. The standard InChI is InChI=1S/C16H22O3/c1-5-9-16(17,10-6-2)12-13-7-8-14(18-3)15(11-13)19-4/h5-8,11,17H,1-2,9-10,12H2,3-4H3. The number of hydrogen-bond acceptors (Lipinski definition) is 3. The van der Waals surface area contributed by atoms with Crippen LogP contribution in [0.25, 0.3) is 0 Å². The van der Waals surface area contributed by atoms with Crippen molar-refractivity contribution in [2.45, 2.75) is 24.9 Å². The molecule has 104 valence electrons. The van der Waals surface area contributed by atoms with Crippen molar-refractivity contribution in [3.05, 3.63) is 49.1 Å². The minimum atomic E-state index is -0.844. The monoisotopic (exact) mass is 262 g/mol. The van der Waals surface area contributed by atoms with Gasteiger partial charge in [-0.05, 0) is 30.5 Å². The summed E-state index contributed by atoms with van der Waals surface area (Å²) in [6, 6.07) is 5.66. The minimum Gasteiger partial charge on any atom is -0.493 e. The second-order valence-corrected chi connectivity index (χ2v) is 4.58. The van der Waals surface area contributed by atoms with Crippen molar-refractivity contribution in [1.29, 1.82) is 0 Å². The first-order chi connectivity index (χ1) is 9.08. The van der Waals surface area contributed by atoms with Gasteiger partial charge in [0.05, 0.1) is 19.8 Å². The Hall–Kier alpha value is -1.74. The summed E-state index contributed by atoms with van der Waals surface area (Å²) < 4.78 is 10.5. The molecule has 0 unspecified atom stereocenters. The van der Waals surface area contributed by atoms with Crippen LogP contribution in [0.2, 0.25) is 0 Å². The van der Waals surface area contributed by atoms with E-state index in [9.17, 15) is 5.11 Å². The van der Waals surface area contributed by atoms with E-state index in [0.29, 0.717) is 30.8 Å². The summed E-state index contributed by atoms with van der Waals surface area (Å²) in [6.45, 7) is 7.38. The third-order valence-electron chi connectivity index (χ3n) is 3.03. The summed E-state index contributed by atoms with van der Waals surface area (Å²) in [6.07, 6.45) is 5.01. The van der Waals surface area contributed by atoms with Gasteiger partial charge in [0.2, 0.25) is 0 Å². The van der Waals surface area contributed by atoms with E-state index in [4.69, 9.17) is 9.47 Å². The first-order valence-electron chi connectivity index (χ1n) is 6.23. The molecule has 0 heterocycles. The Kier molecular flexibility index (Phi) is 5.64. The van der Waals surface area contributed by atoms with Crippen LogP contribution >= 0.6 is 0 Å². The molecule has 0 aliphatic heterocycles. The number of rotatable bonds is 8. The lowest BCUT2D eigenvalue weighted by molar-refractivity contribution is 0.0467. The molecule has 1 N–H and O–H groups in total. The van der Waals surface area contributed by atoms with E-state index in [1.165, 1.54) is 0 Å². The molecule has 0 aliphatic rings. The van der Waals surface area contributed by atoms with E-state index in [1.807, 2.05) is 18.2 Å². The quantitative estimate of drug-likeness (QED) is 0.731. The molecule has 3 nitrogen and oxygen atoms in total. The number of hydrogen-bond donors (Lipinski definition) is 1. The van der Waals surface area contributed by atoms with Crippen LogP contribution in [0.5, 0.6) is 11.5 Å². The molecule has 0 spiro atoms. The maximum Gasteiger partial charge on any atom is 0.160 e. The van der Waals surface area contributed by atoms with E-state index in [-0.39, 0.29) is 0 Å². The number of aliphatic hydroxyl groups is 1. The molecular formula is C16H22O3. The Morgan fingerprint density at radius 3 is 2.16 bits per heavy atom. The fraction of sp³-hybridized carbons (Fsp3) is 0.375. The summed E-state index contributed by atoms with van der Waals surface area (Å²) in [5, 5.41) is 10.5. The first kappa shape index (κ1) is 15.3. The Balaban J connectivity index is 2.96. The summed E-state index contributed by atoms with van der Waals surface area (Å²) >= 11 is 0. The fourth-order valence-electron chi connectivity index (χ4n) is 2.14. The molecule has 0 saturated heterocycles. The number of ether oxygens (including phenoxy) is 2. The normalized spacial score (nSPS) is 10.9. The molecule has 0 aromatic heterocycles. The summed E-state index contributed by atoms with van der Waals surface area (Å²) in [5.41, 5.74) is 0.146. The Morgan fingerprint density at radius 2 is 1.68 bits per heavy atom. The van der Waals surface area contributed by atoms with Gasteiger partial charge in [0.1, 0.15) is 0 Å². The van der Waals surface area contributed by atoms with Crippen LogP contribution in [0.3, 0.4) is 0 Å². The van der Waals surface area contributed by atoms with Gasteiger partial charge in [-0.25, -0.2) is 0 Å². The average molecular weight is 262 g/mol. The third kappa shape index (κ3) is 4.14. The molecule has 0 bridgehead atoms. The average Bonchev–Trinajstić information content (AvgIpc) is 2.38. The van der Waals surface area contributed by atoms with Crippen molar-refractivity contribution in [1.82, 2.24) is 0 Å². The molecule has 1 rings (SSSR count). The van der Waals surface area contributed by atoms with E-state index in [2.05, 4.69) is 13.2 Å². The van der Waals surface area contributed by atoms with Crippen molar-refractivity contribution in [3.63, 3.8) is 0 Å². The Labute approximate surface area is 115 Å². The lowest BCUT2D eigenvalue weighted by Gasteiger charge is -2.26. The highest BCUT2D eigenvalue weighted by Gasteiger charge is 2.24. The molecule has 19 heavy (non-hydrogen) atoms. The summed E-state index contributed by atoms with van der Waals surface area (Å²) in [4.78, 5) is 0. The SMILES string of the molecule is C=CCC(O)(CC=C)Cc1ccc(OC)c(OC)c1. The molecule has 1 aromatic rings. The molecule has 3 heteroatoms. The van der Waals surface area contributed by atoms with Crippen molar-refractivity contribution in [2.75, 3.05) is 14.2 Å². The minimum absolute atomic E-state index is 0.519. The maximum absolute atomic E-state index is 10.5. The molecular weight excluding hydrogens is 240 g/mol. The van der Waals surface area contributed by atoms with Crippen LogP contribution in [-0.2, 0) is 6.42 Å². The van der Waals surface area contributed by atoms with Gasteiger partial charge in [-0.15, -0.1) is 13.2 Å². The van der Waals surface area contributed by atoms with Gasteiger partial charge >= 0.3 is 0 Å². The molecule has 0 amide bonds. The van der Waals surface area contributed by atoms with Gasteiger partial charge < -0.3 is 14.6 Å². The number of methoxy groups -OCH3 is 2. The highest BCUT2D eigenvalue weighted by atomic mass is 16.5. The highest BCUT2D eigenvalue weighted by Crippen LogP contribution is 2.30. The van der Waals surface area contributed by atoms with E-state index in [0.717, 1.165) is 5.56 Å². The van der Waals surface area contributed by atoms with Gasteiger partial charge in [-0.3, -0.25) is 0 Å². The summed E-state index contributed by atoms with van der Waals surface area (Å²) in [7, 11) is 3.20. The van der Waals surface area contributed by atoms with Crippen LogP contribution < -0.4 is 9.47 Å². The molecule has 1 aromatic carbocycles. The van der Waals surface area contributed by atoms with E-state index < -0.39 is 5.60 Å². The van der Waals surface area contributed by atoms with Crippen LogP contribution in [0.4, 0.5) is 0 Å². The van der Waals surface area contributed by atoms with Gasteiger partial charge in [-0.2, -0.15) is 0 Å². The van der Waals surface area contributed by atoms with Crippen molar-refractivity contribution in [2.24, 2.45) is 0 Å². The zero-order valence-corrected chi connectivity index (χ0v) is 11.7. The lowest BCUT2D eigenvalue weighted by Crippen LogP contribution is -2.30. The first-order valence-corrected chi connectivity index (χ1v) is 6.23. The Morgan fingerprint density at radius 1 is 1.11 bits per heavy atom. The second kappa shape index (κ2) is 7.00. The van der Waals surface area contributed by atoms with Crippen LogP contribution in [0.15, 0.2) is 43.5 Å². The number of benzene rings is 1. The molecule has 0 aliphatic carbocycles. The highest BCUT2D eigenvalue weighted by molar-refractivity contribution is 5.43. The zero-order valence-electron chi connectivity index (χ0n) is 11.7. The van der Waals surface area contributed by atoms with Gasteiger partial charge in [-0.1, -0.05) is 18.2 Å². The van der Waals surface area contributed by atoms with Crippen molar-refractivity contribution in [3.8, 4) is 11.5 Å². The fourth-order valence-corrected chi connectivity index (χ4v) is 2.14. The largest absolute Gasteiger partial charge is 0.493 e. The van der Waals surface area contributed by atoms with Crippen LogP contribution in [0.1, 0.15) is 18.4 Å². The lowest BCUT2D eigenvalue weighted by atomic mass is 9.88. The van der Waals surface area contributed by atoms with Gasteiger partial charge in [0.15, 0.2) is 11.5 Å². The van der Waals surface area contributed by atoms with Gasteiger partial charge in [0.25, 0.3) is 0 Å². The smallest absolute Gasteiger partial charge is 0.160 e. The summed E-state index contributed by atoms with van der Waals surface area (Å²) in [5.74, 6) is 1.35. The molecule has 0 radical (unpaired) electrons. The van der Waals surface area contributed by atoms with Crippen molar-refractivity contribution < 1.29 is 14.6 Å². The maximum atomic E-state index is 10.5. The zero-order chi connectivity index (χ0) is 14.3. The predicted octanol–water partition coefficient (Wildman–Crippen LogP) is 3.13. The third-order valence-corrected chi connectivity index (χ3v) is 3.03. The van der Waals surface area contributed by atoms with Crippen LogP contribution in [-0.4, -0.2) is 24.9 Å². The topological polar surface area (TPSA) is 38.7 Å². The second-order valence-electron chi connectivity index (χ2n) is 4.58. The van der Waals surface area contributed by atoms with Crippen LogP contribution in [0, 0.1) is 0 Å².